The second kappa shape index (κ2) is 10.6. The van der Waals surface area contributed by atoms with Crippen LogP contribution in [0.5, 0.6) is 0 Å². The highest BCUT2D eigenvalue weighted by Gasteiger charge is 2.10. The Morgan fingerprint density at radius 3 is 2.50 bits per heavy atom. The number of esters is 1. The third kappa shape index (κ3) is 6.35. The number of amides is 1. The van der Waals surface area contributed by atoms with Crippen molar-refractivity contribution < 1.29 is 19.2 Å². The fourth-order valence-corrected chi connectivity index (χ4v) is 2.53. The average molecular weight is 382 g/mol. The van der Waals surface area contributed by atoms with Gasteiger partial charge in [0, 0.05) is 29.8 Å². The normalized spacial score (nSPS) is 10.6. The minimum Gasteiger partial charge on any atom is -0.469 e. The van der Waals surface area contributed by atoms with Gasteiger partial charge in [-0.05, 0) is 43.0 Å². The Morgan fingerprint density at radius 1 is 1.11 bits per heavy atom. The van der Waals surface area contributed by atoms with Crippen molar-refractivity contribution >= 4 is 29.3 Å². The van der Waals surface area contributed by atoms with Gasteiger partial charge >= 0.3 is 5.97 Å². The second-order valence-electron chi connectivity index (χ2n) is 6.07. The molecule has 0 spiro atoms. The third-order valence-electron chi connectivity index (χ3n) is 4.08. The number of non-ortho nitro benzene ring substituents is 1. The number of nitrogens with zero attached hydrogens (tertiary/aromatic N) is 1. The number of nitro groups is 1. The molecule has 2 aromatic rings. The fraction of sp³-hybridized carbons (Fsp3) is 0.238. The molecule has 7 nitrogen and oxygen atoms in total. The topological polar surface area (TPSA) is 98.5 Å². The first-order valence-electron chi connectivity index (χ1n) is 8.89. The molecule has 0 unspecified atom stereocenters. The van der Waals surface area contributed by atoms with Crippen molar-refractivity contribution in [2.24, 2.45) is 0 Å². The number of nitrogens with one attached hydrogen (secondary N) is 1. The monoisotopic (exact) mass is 382 g/mol. The first kappa shape index (κ1) is 20.8. The van der Waals surface area contributed by atoms with Gasteiger partial charge in [0.15, 0.2) is 0 Å². The molecule has 1 N–H and O–H groups in total. The van der Waals surface area contributed by atoms with E-state index in [-0.39, 0.29) is 17.6 Å². The molecule has 2 aromatic carbocycles. The summed E-state index contributed by atoms with van der Waals surface area (Å²) < 4.78 is 4.60. The van der Waals surface area contributed by atoms with E-state index in [9.17, 15) is 19.7 Å². The highest BCUT2D eigenvalue weighted by Crippen LogP contribution is 2.19. The number of hydrogen-bond donors (Lipinski definition) is 1. The second-order valence-corrected chi connectivity index (χ2v) is 6.07. The predicted octanol–water partition coefficient (Wildman–Crippen LogP) is 4.59. The number of hydrogen-bond acceptors (Lipinski definition) is 5. The maximum absolute atomic E-state index is 12.4. The number of rotatable bonds is 9. The van der Waals surface area contributed by atoms with Crippen molar-refractivity contribution in [1.82, 2.24) is 0 Å². The summed E-state index contributed by atoms with van der Waals surface area (Å²) in [5.41, 5.74) is 1.78. The summed E-state index contributed by atoms with van der Waals surface area (Å²) in [6.07, 6.45) is 6.75. The minimum absolute atomic E-state index is 0.0629. The number of carbonyl (C=O) groups is 2. The molecule has 28 heavy (non-hydrogen) atoms. The summed E-state index contributed by atoms with van der Waals surface area (Å²) in [5.74, 6) is -0.544. The maximum atomic E-state index is 12.4. The number of benzene rings is 2. The van der Waals surface area contributed by atoms with Crippen molar-refractivity contribution in [3.8, 4) is 0 Å². The molecular weight excluding hydrogens is 360 g/mol. The zero-order valence-corrected chi connectivity index (χ0v) is 15.6. The maximum Gasteiger partial charge on any atom is 0.305 e. The van der Waals surface area contributed by atoms with Crippen LogP contribution in [0, 0.1) is 10.1 Å². The number of para-hydroxylation sites is 1. The van der Waals surface area contributed by atoms with Crippen LogP contribution in [0.1, 0.15) is 41.6 Å². The Labute approximate surface area is 163 Å². The molecule has 0 saturated carbocycles. The lowest BCUT2D eigenvalue weighted by Crippen LogP contribution is -2.12. The van der Waals surface area contributed by atoms with Gasteiger partial charge in [-0.3, -0.25) is 19.7 Å². The fourth-order valence-electron chi connectivity index (χ4n) is 2.53. The molecule has 0 bridgehead atoms. The smallest absolute Gasteiger partial charge is 0.305 e. The lowest BCUT2D eigenvalue weighted by atomic mass is 10.1. The van der Waals surface area contributed by atoms with Crippen LogP contribution in [0.2, 0.25) is 0 Å². The van der Waals surface area contributed by atoms with E-state index in [4.69, 9.17) is 0 Å². The quantitative estimate of drug-likeness (QED) is 0.296. The molecule has 0 aliphatic heterocycles. The van der Waals surface area contributed by atoms with Gasteiger partial charge in [-0.15, -0.1) is 0 Å². The lowest BCUT2D eigenvalue weighted by Gasteiger charge is -2.08. The number of unbranched alkanes of at least 4 members (excludes halogenated alkanes) is 2. The first-order chi connectivity index (χ1) is 13.5. The summed E-state index contributed by atoms with van der Waals surface area (Å²) >= 11 is 0. The van der Waals surface area contributed by atoms with Gasteiger partial charge in [0.05, 0.1) is 12.0 Å². The van der Waals surface area contributed by atoms with Crippen LogP contribution in [-0.2, 0) is 9.53 Å². The van der Waals surface area contributed by atoms with Gasteiger partial charge in [0.25, 0.3) is 11.6 Å². The summed E-state index contributed by atoms with van der Waals surface area (Å²) in [7, 11) is 1.38. The predicted molar refractivity (Wildman–Crippen MR) is 107 cm³/mol. The van der Waals surface area contributed by atoms with Gasteiger partial charge in [-0.25, -0.2) is 0 Å². The molecule has 0 aromatic heterocycles. The first-order valence-corrected chi connectivity index (χ1v) is 8.89. The molecule has 0 aliphatic carbocycles. The molecule has 7 heteroatoms. The number of ether oxygens (including phenoxy) is 1. The molecule has 0 aliphatic rings. The van der Waals surface area contributed by atoms with Gasteiger partial charge in [0.2, 0.25) is 0 Å². The van der Waals surface area contributed by atoms with Crippen LogP contribution in [0.3, 0.4) is 0 Å². The van der Waals surface area contributed by atoms with Gasteiger partial charge < -0.3 is 10.1 Å². The van der Waals surface area contributed by atoms with Gasteiger partial charge in [-0.2, -0.15) is 0 Å². The zero-order valence-electron chi connectivity index (χ0n) is 15.6. The molecule has 0 heterocycles. The average Bonchev–Trinajstić information content (AvgIpc) is 2.71. The Kier molecular flexibility index (Phi) is 7.90. The van der Waals surface area contributed by atoms with Crippen LogP contribution in [-0.4, -0.2) is 23.9 Å². The van der Waals surface area contributed by atoms with Crippen molar-refractivity contribution in [1.29, 1.82) is 0 Å². The van der Waals surface area contributed by atoms with Crippen LogP contribution in [0.4, 0.5) is 11.4 Å². The minimum atomic E-state index is -0.507. The summed E-state index contributed by atoms with van der Waals surface area (Å²) in [6.45, 7) is 0. The van der Waals surface area contributed by atoms with Gasteiger partial charge in [-0.1, -0.05) is 30.4 Å². The number of allylic oxidation sites excluding steroid dienone is 1. The molecule has 0 saturated heterocycles. The van der Waals surface area contributed by atoms with E-state index < -0.39 is 4.92 Å². The molecule has 1 amide bonds. The number of methoxy groups -OCH3 is 1. The Morgan fingerprint density at radius 2 is 1.82 bits per heavy atom. The molecule has 0 atom stereocenters. The Bertz CT molecular complexity index is 859. The molecule has 146 valence electrons. The lowest BCUT2D eigenvalue weighted by molar-refractivity contribution is -0.384. The van der Waals surface area contributed by atoms with Crippen LogP contribution in [0.15, 0.2) is 54.6 Å². The standard InChI is InChI=1S/C21H22N2O5/c1-28-20(24)11-5-3-2-4-8-16-9-6-7-10-19(16)22-21(25)17-12-14-18(15-13-17)23(26)27/h4,6-10,12-15H,2-3,5,11H2,1H3,(H,22,25)/b8-4+. The van der Waals surface area contributed by atoms with E-state index in [0.29, 0.717) is 17.7 Å². The zero-order chi connectivity index (χ0) is 20.4. The highest BCUT2D eigenvalue weighted by atomic mass is 16.6. The van der Waals surface area contributed by atoms with E-state index >= 15 is 0 Å². The van der Waals surface area contributed by atoms with E-state index in [1.807, 2.05) is 30.4 Å². The van der Waals surface area contributed by atoms with Crippen molar-refractivity contribution in [2.75, 3.05) is 12.4 Å². The van der Waals surface area contributed by atoms with Crippen LogP contribution < -0.4 is 5.32 Å². The van der Waals surface area contributed by atoms with E-state index in [0.717, 1.165) is 24.8 Å². The number of anilines is 1. The van der Waals surface area contributed by atoms with Crippen molar-refractivity contribution in [3.63, 3.8) is 0 Å². The van der Waals surface area contributed by atoms with Crippen LogP contribution >= 0.6 is 0 Å². The van der Waals surface area contributed by atoms with E-state index in [2.05, 4.69) is 10.1 Å². The van der Waals surface area contributed by atoms with Crippen LogP contribution in [0.25, 0.3) is 6.08 Å². The SMILES string of the molecule is COC(=O)CCCC/C=C/c1ccccc1NC(=O)c1ccc([N+](=O)[O-])cc1. The third-order valence-corrected chi connectivity index (χ3v) is 4.08. The number of nitro benzene ring substituents is 1. The highest BCUT2D eigenvalue weighted by molar-refractivity contribution is 6.05. The largest absolute Gasteiger partial charge is 0.469 e. The van der Waals surface area contributed by atoms with Crippen molar-refractivity contribution in [2.45, 2.75) is 25.7 Å². The van der Waals surface area contributed by atoms with E-state index in [1.54, 1.807) is 6.07 Å². The summed E-state index contributed by atoms with van der Waals surface area (Å²) in [4.78, 5) is 33.7. The molecule has 2 rings (SSSR count). The number of carbonyl (C=O) groups excluding carboxylic acids is 2. The van der Waals surface area contributed by atoms with Gasteiger partial charge in [0.1, 0.15) is 0 Å². The molecule has 0 fully saturated rings. The molecule has 0 radical (unpaired) electrons. The summed E-state index contributed by atoms with van der Waals surface area (Å²) in [6, 6.07) is 12.8. The Balaban J connectivity index is 1.95. The molecular formula is C21H22N2O5. The van der Waals surface area contributed by atoms with E-state index in [1.165, 1.54) is 31.4 Å². The summed E-state index contributed by atoms with van der Waals surface area (Å²) in [5, 5.41) is 13.5. The van der Waals surface area contributed by atoms with Crippen molar-refractivity contribution in [3.05, 3.63) is 75.8 Å². The Hall–Kier alpha value is -3.48.